The molecule has 3 aromatic carbocycles. The highest BCUT2D eigenvalue weighted by Crippen LogP contribution is 2.26. The fraction of sp³-hybridized carbons (Fsp3) is 0.0952. The molecule has 2 N–H and O–H groups in total. The van der Waals surface area contributed by atoms with Gasteiger partial charge in [-0.1, -0.05) is 66.7 Å². The monoisotopic (exact) mass is 380 g/mol. The Morgan fingerprint density at radius 2 is 1.33 bits per heavy atom. The Bertz CT molecular complexity index is 1000. The molecule has 0 saturated heterocycles. The molecular formula is C21H20N2O3S. The van der Waals surface area contributed by atoms with Gasteiger partial charge in [0.2, 0.25) is 10.0 Å². The minimum atomic E-state index is -3.70. The van der Waals surface area contributed by atoms with Crippen LogP contribution in [0, 0.1) is 0 Å². The topological polar surface area (TPSA) is 75.3 Å². The molecule has 0 aromatic heterocycles. The van der Waals surface area contributed by atoms with E-state index in [0.29, 0.717) is 11.1 Å². The van der Waals surface area contributed by atoms with E-state index in [1.807, 2.05) is 36.4 Å². The number of hydrogen-bond donors (Lipinski definition) is 2. The highest BCUT2D eigenvalue weighted by atomic mass is 32.2. The maximum absolute atomic E-state index is 12.7. The van der Waals surface area contributed by atoms with Crippen molar-refractivity contribution in [1.29, 1.82) is 0 Å². The Morgan fingerprint density at radius 3 is 2.04 bits per heavy atom. The first-order valence-electron chi connectivity index (χ1n) is 8.55. The van der Waals surface area contributed by atoms with E-state index in [0.717, 1.165) is 5.56 Å². The number of rotatable bonds is 7. The maximum atomic E-state index is 12.7. The lowest BCUT2D eigenvalue weighted by Crippen LogP contribution is -2.34. The summed E-state index contributed by atoms with van der Waals surface area (Å²) in [4.78, 5) is 12.2. The fourth-order valence-electron chi connectivity index (χ4n) is 2.69. The van der Waals surface area contributed by atoms with E-state index in [1.54, 1.807) is 48.5 Å². The van der Waals surface area contributed by atoms with Crippen molar-refractivity contribution >= 4 is 15.9 Å². The standard InChI is InChI=1S/C21H20N2O3S/c24-21(18-11-5-2-6-12-18)22-15-16-23-27(25,26)20-14-8-7-13-19(20)17-9-3-1-4-10-17/h1-14,23H,15-16H2,(H,22,24). The van der Waals surface area contributed by atoms with E-state index in [9.17, 15) is 13.2 Å². The third-order valence-electron chi connectivity index (χ3n) is 4.00. The van der Waals surface area contributed by atoms with Gasteiger partial charge in [0.15, 0.2) is 0 Å². The van der Waals surface area contributed by atoms with Crippen molar-refractivity contribution in [2.75, 3.05) is 13.1 Å². The van der Waals surface area contributed by atoms with Crippen LogP contribution >= 0.6 is 0 Å². The van der Waals surface area contributed by atoms with Crippen LogP contribution in [0.3, 0.4) is 0 Å². The third kappa shape index (κ3) is 4.81. The second-order valence-corrected chi connectivity index (χ2v) is 7.62. The zero-order chi connectivity index (χ0) is 19.1. The number of amides is 1. The van der Waals surface area contributed by atoms with Gasteiger partial charge in [0.1, 0.15) is 0 Å². The second kappa shape index (κ2) is 8.62. The van der Waals surface area contributed by atoms with Gasteiger partial charge in [-0.25, -0.2) is 13.1 Å². The highest BCUT2D eigenvalue weighted by molar-refractivity contribution is 7.89. The van der Waals surface area contributed by atoms with Crippen molar-refractivity contribution in [2.24, 2.45) is 0 Å². The Balaban J connectivity index is 1.65. The average Bonchev–Trinajstić information content (AvgIpc) is 2.72. The molecule has 0 heterocycles. The first-order valence-corrected chi connectivity index (χ1v) is 10.0. The first-order chi connectivity index (χ1) is 13.1. The van der Waals surface area contributed by atoms with Gasteiger partial charge in [0.25, 0.3) is 5.91 Å². The summed E-state index contributed by atoms with van der Waals surface area (Å²) in [6.45, 7) is 0.296. The number of benzene rings is 3. The average molecular weight is 380 g/mol. The summed E-state index contributed by atoms with van der Waals surface area (Å²) < 4.78 is 28.0. The Hall–Kier alpha value is -2.96. The van der Waals surface area contributed by atoms with Crippen molar-refractivity contribution in [3.05, 3.63) is 90.5 Å². The van der Waals surface area contributed by atoms with Gasteiger partial charge >= 0.3 is 0 Å². The van der Waals surface area contributed by atoms with Crippen molar-refractivity contribution in [3.8, 4) is 11.1 Å². The molecule has 1 amide bonds. The molecule has 5 nitrogen and oxygen atoms in total. The molecule has 3 aromatic rings. The predicted molar refractivity (Wildman–Crippen MR) is 106 cm³/mol. The molecule has 0 unspecified atom stereocenters. The number of sulfonamides is 1. The lowest BCUT2D eigenvalue weighted by molar-refractivity contribution is 0.0954. The van der Waals surface area contributed by atoms with Gasteiger partial charge < -0.3 is 5.32 Å². The Kier molecular flexibility index (Phi) is 6.01. The minimum absolute atomic E-state index is 0.101. The first kappa shape index (κ1) is 18.8. The summed E-state index contributed by atoms with van der Waals surface area (Å²) >= 11 is 0. The molecule has 0 atom stereocenters. The summed E-state index contributed by atoms with van der Waals surface area (Å²) in [6.07, 6.45) is 0. The van der Waals surface area contributed by atoms with Crippen LogP contribution in [0.1, 0.15) is 10.4 Å². The van der Waals surface area contributed by atoms with Gasteiger partial charge in [0, 0.05) is 24.2 Å². The maximum Gasteiger partial charge on any atom is 0.251 e. The van der Waals surface area contributed by atoms with Crippen LogP contribution in [-0.4, -0.2) is 27.4 Å². The van der Waals surface area contributed by atoms with Crippen molar-refractivity contribution < 1.29 is 13.2 Å². The molecule has 3 rings (SSSR count). The van der Waals surface area contributed by atoms with Crippen LogP contribution in [-0.2, 0) is 10.0 Å². The molecule has 0 aliphatic rings. The van der Waals surface area contributed by atoms with E-state index in [1.165, 1.54) is 0 Å². The van der Waals surface area contributed by atoms with Crippen LogP contribution in [0.2, 0.25) is 0 Å². The van der Waals surface area contributed by atoms with Gasteiger partial charge in [0.05, 0.1) is 4.90 Å². The van der Waals surface area contributed by atoms with Gasteiger partial charge in [-0.15, -0.1) is 0 Å². The largest absolute Gasteiger partial charge is 0.351 e. The fourth-order valence-corrected chi connectivity index (χ4v) is 3.95. The van der Waals surface area contributed by atoms with Gasteiger partial charge in [-0.3, -0.25) is 4.79 Å². The zero-order valence-corrected chi connectivity index (χ0v) is 15.4. The molecule has 0 fully saturated rings. The Morgan fingerprint density at radius 1 is 0.741 bits per heavy atom. The molecule has 0 aliphatic carbocycles. The SMILES string of the molecule is O=C(NCCNS(=O)(=O)c1ccccc1-c1ccccc1)c1ccccc1. The predicted octanol–water partition coefficient (Wildman–Crippen LogP) is 3.06. The third-order valence-corrected chi connectivity index (χ3v) is 5.52. The molecule has 0 aliphatic heterocycles. The van der Waals surface area contributed by atoms with Gasteiger partial charge in [-0.2, -0.15) is 0 Å². The van der Waals surface area contributed by atoms with E-state index in [4.69, 9.17) is 0 Å². The number of hydrogen-bond acceptors (Lipinski definition) is 3. The number of nitrogens with one attached hydrogen (secondary N) is 2. The van der Waals surface area contributed by atoms with E-state index >= 15 is 0 Å². The summed E-state index contributed by atoms with van der Waals surface area (Å²) in [5, 5.41) is 2.70. The van der Waals surface area contributed by atoms with E-state index in [2.05, 4.69) is 10.0 Å². The molecule has 0 spiro atoms. The second-order valence-electron chi connectivity index (χ2n) is 5.88. The lowest BCUT2D eigenvalue weighted by Gasteiger charge is -2.12. The summed E-state index contributed by atoms with van der Waals surface area (Å²) in [5.74, 6) is -0.237. The molecule has 27 heavy (non-hydrogen) atoms. The van der Waals surface area contributed by atoms with Crippen molar-refractivity contribution in [2.45, 2.75) is 4.90 Å². The van der Waals surface area contributed by atoms with Crippen LogP contribution in [0.25, 0.3) is 11.1 Å². The molecular weight excluding hydrogens is 360 g/mol. The zero-order valence-electron chi connectivity index (χ0n) is 14.6. The van der Waals surface area contributed by atoms with E-state index in [-0.39, 0.29) is 23.9 Å². The quantitative estimate of drug-likeness (QED) is 0.619. The molecule has 138 valence electrons. The molecule has 0 radical (unpaired) electrons. The van der Waals surface area contributed by atoms with Crippen molar-refractivity contribution in [3.63, 3.8) is 0 Å². The lowest BCUT2D eigenvalue weighted by atomic mass is 10.1. The van der Waals surface area contributed by atoms with Crippen LogP contribution < -0.4 is 10.0 Å². The van der Waals surface area contributed by atoms with E-state index < -0.39 is 10.0 Å². The van der Waals surface area contributed by atoms with Crippen LogP contribution in [0.5, 0.6) is 0 Å². The Labute approximate surface area is 159 Å². The summed E-state index contributed by atoms with van der Waals surface area (Å²) in [5.41, 5.74) is 2.00. The number of carbonyl (C=O) groups is 1. The summed E-state index contributed by atoms with van der Waals surface area (Å²) in [6, 6.07) is 25.0. The number of carbonyl (C=O) groups excluding carboxylic acids is 1. The minimum Gasteiger partial charge on any atom is -0.351 e. The van der Waals surface area contributed by atoms with Crippen LogP contribution in [0.4, 0.5) is 0 Å². The highest BCUT2D eigenvalue weighted by Gasteiger charge is 2.18. The molecule has 0 saturated carbocycles. The van der Waals surface area contributed by atoms with Crippen molar-refractivity contribution in [1.82, 2.24) is 10.0 Å². The van der Waals surface area contributed by atoms with Gasteiger partial charge in [-0.05, 0) is 23.8 Å². The molecule has 0 bridgehead atoms. The normalized spacial score (nSPS) is 11.1. The van der Waals surface area contributed by atoms with Crippen LogP contribution in [0.15, 0.2) is 89.8 Å². The molecule has 6 heteroatoms. The smallest absolute Gasteiger partial charge is 0.251 e. The summed E-state index contributed by atoms with van der Waals surface area (Å²) in [7, 11) is -3.70.